The van der Waals surface area contributed by atoms with Crippen LogP contribution in [-0.2, 0) is 0 Å². The van der Waals surface area contributed by atoms with E-state index in [1.807, 2.05) is 12.1 Å². The van der Waals surface area contributed by atoms with Gasteiger partial charge >= 0.3 is 0 Å². The molecule has 0 bridgehead atoms. The Balaban J connectivity index is 1.81. The third-order valence-corrected chi connectivity index (χ3v) is 4.20. The maximum absolute atomic E-state index is 5.90. The van der Waals surface area contributed by atoms with Gasteiger partial charge < -0.3 is 14.4 Å². The molecule has 0 unspecified atom stereocenters. The first-order valence-corrected chi connectivity index (χ1v) is 7.76. The number of likely N-dealkylation sites (N-methyl/N-ethyl adjacent to an activating group) is 1. The summed E-state index contributed by atoms with van der Waals surface area (Å²) in [4.78, 5) is 4.82. The molecule has 1 heterocycles. The van der Waals surface area contributed by atoms with Gasteiger partial charge in [-0.25, -0.2) is 0 Å². The largest absolute Gasteiger partial charge is 0.493 e. The molecule has 21 heavy (non-hydrogen) atoms. The summed E-state index contributed by atoms with van der Waals surface area (Å²) < 4.78 is 11.3. The Bertz CT molecular complexity index is 448. The minimum absolute atomic E-state index is 0.674. The predicted octanol–water partition coefficient (Wildman–Crippen LogP) is 2.41. The molecule has 0 spiro atoms. The van der Waals surface area contributed by atoms with Crippen molar-refractivity contribution < 1.29 is 9.47 Å². The van der Waals surface area contributed by atoms with Gasteiger partial charge in [-0.2, -0.15) is 0 Å². The molecule has 4 nitrogen and oxygen atoms in total. The molecule has 0 aromatic heterocycles. The van der Waals surface area contributed by atoms with E-state index < -0.39 is 0 Å². The van der Waals surface area contributed by atoms with Crippen LogP contribution in [0, 0.1) is 6.92 Å². The smallest absolute Gasteiger partial charge is 0.161 e. The van der Waals surface area contributed by atoms with Crippen molar-refractivity contribution >= 4 is 0 Å². The van der Waals surface area contributed by atoms with Gasteiger partial charge in [0.15, 0.2) is 11.5 Å². The van der Waals surface area contributed by atoms with Crippen molar-refractivity contribution in [2.24, 2.45) is 0 Å². The van der Waals surface area contributed by atoms with Crippen LogP contribution >= 0.6 is 0 Å². The zero-order valence-corrected chi connectivity index (χ0v) is 13.8. The molecule has 0 saturated carbocycles. The van der Waals surface area contributed by atoms with Crippen LogP contribution in [0.5, 0.6) is 11.5 Å². The van der Waals surface area contributed by atoms with Gasteiger partial charge in [0.1, 0.15) is 6.61 Å². The second kappa shape index (κ2) is 7.66. The number of rotatable bonds is 6. The second-order valence-corrected chi connectivity index (χ2v) is 6.06. The molecular formula is C17H28N2O2. The number of ether oxygens (including phenoxy) is 2. The highest BCUT2D eigenvalue weighted by molar-refractivity contribution is 5.42. The van der Waals surface area contributed by atoms with Crippen LogP contribution in [0.25, 0.3) is 0 Å². The Labute approximate surface area is 128 Å². The minimum Gasteiger partial charge on any atom is -0.493 e. The highest BCUT2D eigenvalue weighted by Gasteiger charge is 2.21. The molecule has 1 aromatic carbocycles. The van der Waals surface area contributed by atoms with E-state index >= 15 is 0 Å². The minimum atomic E-state index is 0.674. The molecule has 0 aliphatic carbocycles. The van der Waals surface area contributed by atoms with Crippen LogP contribution in [0.2, 0.25) is 0 Å². The number of nitrogens with zero attached hydrogens (tertiary/aromatic N) is 2. The van der Waals surface area contributed by atoms with Gasteiger partial charge in [-0.15, -0.1) is 0 Å². The lowest BCUT2D eigenvalue weighted by Crippen LogP contribution is -2.46. The first kappa shape index (κ1) is 16.1. The first-order chi connectivity index (χ1) is 10.1. The summed E-state index contributed by atoms with van der Waals surface area (Å²) in [5.41, 5.74) is 1.18. The molecule has 4 heteroatoms. The van der Waals surface area contributed by atoms with Gasteiger partial charge in [0.25, 0.3) is 0 Å². The molecule has 1 aromatic rings. The van der Waals surface area contributed by atoms with Crippen molar-refractivity contribution in [3.05, 3.63) is 23.8 Å². The molecule has 1 saturated heterocycles. The van der Waals surface area contributed by atoms with Crippen molar-refractivity contribution in [1.82, 2.24) is 9.80 Å². The van der Waals surface area contributed by atoms with Gasteiger partial charge in [0, 0.05) is 19.1 Å². The standard InChI is InChI=1S/C17H28N2O2/c1-14-7-8-16(17(12-14)20-4)21-11-10-19-9-5-6-15(13-19)18(2)3/h7-8,12,15H,5-6,9-11,13H2,1-4H3/t15-/m1/s1. The Morgan fingerprint density at radius 3 is 2.81 bits per heavy atom. The van der Waals surface area contributed by atoms with E-state index in [1.165, 1.54) is 24.9 Å². The lowest BCUT2D eigenvalue weighted by atomic mass is 10.1. The van der Waals surface area contributed by atoms with Crippen LogP contribution < -0.4 is 9.47 Å². The Morgan fingerprint density at radius 2 is 2.10 bits per heavy atom. The Hall–Kier alpha value is -1.26. The third-order valence-electron chi connectivity index (χ3n) is 4.20. The maximum Gasteiger partial charge on any atom is 0.161 e. The summed E-state index contributed by atoms with van der Waals surface area (Å²) in [6.45, 7) is 6.06. The SMILES string of the molecule is COc1cc(C)ccc1OCCN1CCC[C@@H](N(C)C)C1. The number of aryl methyl sites for hydroxylation is 1. The van der Waals surface area contributed by atoms with E-state index in [-0.39, 0.29) is 0 Å². The van der Waals surface area contributed by atoms with Gasteiger partial charge in [0.05, 0.1) is 7.11 Å². The topological polar surface area (TPSA) is 24.9 Å². The van der Waals surface area contributed by atoms with Gasteiger partial charge in [-0.1, -0.05) is 6.07 Å². The van der Waals surface area contributed by atoms with E-state index in [0.29, 0.717) is 12.6 Å². The Kier molecular flexibility index (Phi) is 5.88. The maximum atomic E-state index is 5.90. The molecular weight excluding hydrogens is 264 g/mol. The van der Waals surface area contributed by atoms with E-state index in [2.05, 4.69) is 36.9 Å². The molecule has 0 N–H and O–H groups in total. The zero-order chi connectivity index (χ0) is 15.2. The molecule has 1 fully saturated rings. The molecule has 1 aliphatic rings. The average molecular weight is 292 g/mol. The van der Waals surface area contributed by atoms with Crippen molar-refractivity contribution in [3.63, 3.8) is 0 Å². The number of benzene rings is 1. The molecule has 1 atom stereocenters. The molecule has 2 rings (SSSR count). The number of likely N-dealkylation sites (tertiary alicyclic amines) is 1. The normalized spacial score (nSPS) is 19.8. The molecule has 0 amide bonds. The van der Waals surface area contributed by atoms with Crippen molar-refractivity contribution in [2.75, 3.05) is 47.4 Å². The van der Waals surface area contributed by atoms with Crippen molar-refractivity contribution in [3.8, 4) is 11.5 Å². The number of hydrogen-bond donors (Lipinski definition) is 0. The Morgan fingerprint density at radius 1 is 1.29 bits per heavy atom. The van der Waals surface area contributed by atoms with Crippen LogP contribution in [0.4, 0.5) is 0 Å². The van der Waals surface area contributed by atoms with E-state index in [1.54, 1.807) is 7.11 Å². The fourth-order valence-electron chi connectivity index (χ4n) is 2.83. The monoisotopic (exact) mass is 292 g/mol. The van der Waals surface area contributed by atoms with Crippen molar-refractivity contribution in [2.45, 2.75) is 25.8 Å². The number of piperidine rings is 1. The van der Waals surface area contributed by atoms with Crippen LogP contribution in [-0.4, -0.2) is 63.3 Å². The van der Waals surface area contributed by atoms with Crippen LogP contribution in [0.1, 0.15) is 18.4 Å². The lowest BCUT2D eigenvalue weighted by molar-refractivity contribution is 0.116. The van der Waals surface area contributed by atoms with E-state index in [4.69, 9.17) is 9.47 Å². The summed E-state index contributed by atoms with van der Waals surface area (Å²) in [7, 11) is 6.03. The average Bonchev–Trinajstić information content (AvgIpc) is 2.49. The number of methoxy groups -OCH3 is 1. The quantitative estimate of drug-likeness (QED) is 0.804. The second-order valence-electron chi connectivity index (χ2n) is 6.06. The molecule has 0 radical (unpaired) electrons. The fourth-order valence-corrected chi connectivity index (χ4v) is 2.83. The lowest BCUT2D eigenvalue weighted by Gasteiger charge is -2.36. The summed E-state index contributed by atoms with van der Waals surface area (Å²) in [5, 5.41) is 0. The van der Waals surface area contributed by atoms with E-state index in [9.17, 15) is 0 Å². The summed E-state index contributed by atoms with van der Waals surface area (Å²) in [6.07, 6.45) is 2.58. The zero-order valence-electron chi connectivity index (χ0n) is 13.8. The van der Waals surface area contributed by atoms with Crippen LogP contribution in [0.3, 0.4) is 0 Å². The van der Waals surface area contributed by atoms with Gasteiger partial charge in [-0.3, -0.25) is 4.90 Å². The first-order valence-electron chi connectivity index (χ1n) is 7.76. The molecule has 118 valence electrons. The predicted molar refractivity (Wildman–Crippen MR) is 86.4 cm³/mol. The summed E-state index contributed by atoms with van der Waals surface area (Å²) >= 11 is 0. The highest BCUT2D eigenvalue weighted by atomic mass is 16.5. The van der Waals surface area contributed by atoms with E-state index in [0.717, 1.165) is 24.6 Å². The molecule has 1 aliphatic heterocycles. The third kappa shape index (κ3) is 4.61. The van der Waals surface area contributed by atoms with Crippen molar-refractivity contribution in [1.29, 1.82) is 0 Å². The highest BCUT2D eigenvalue weighted by Crippen LogP contribution is 2.27. The van der Waals surface area contributed by atoms with Gasteiger partial charge in [0.2, 0.25) is 0 Å². The fraction of sp³-hybridized carbons (Fsp3) is 0.647. The van der Waals surface area contributed by atoms with Crippen LogP contribution in [0.15, 0.2) is 18.2 Å². The summed E-state index contributed by atoms with van der Waals surface area (Å²) in [6, 6.07) is 6.74. The van der Waals surface area contributed by atoms with Gasteiger partial charge in [-0.05, 0) is 58.1 Å². The summed E-state index contributed by atoms with van der Waals surface area (Å²) in [5.74, 6) is 1.66. The number of hydrogen-bond acceptors (Lipinski definition) is 4.